The summed E-state index contributed by atoms with van der Waals surface area (Å²) in [5.74, 6) is -0.907. The predicted octanol–water partition coefficient (Wildman–Crippen LogP) is 2.59. The number of hydrogen-bond acceptors (Lipinski definition) is 5. The van der Waals surface area contributed by atoms with Crippen molar-refractivity contribution in [1.82, 2.24) is 5.32 Å². The van der Waals surface area contributed by atoms with E-state index >= 15 is 0 Å². The molecule has 1 amide bonds. The number of amides is 1. The van der Waals surface area contributed by atoms with Gasteiger partial charge in [-0.15, -0.1) is 0 Å². The monoisotopic (exact) mass is 337 g/mol. The number of anilines is 1. The van der Waals surface area contributed by atoms with Crippen LogP contribution in [0.4, 0.5) is 5.69 Å². The summed E-state index contributed by atoms with van der Waals surface area (Å²) in [7, 11) is 1.26. The third kappa shape index (κ3) is 4.86. The van der Waals surface area contributed by atoms with Crippen molar-refractivity contribution in [3.63, 3.8) is 0 Å². The summed E-state index contributed by atoms with van der Waals surface area (Å²) in [6.45, 7) is 5.36. The molecule has 0 saturated carbocycles. The zero-order chi connectivity index (χ0) is 17.6. The van der Waals surface area contributed by atoms with Gasteiger partial charge in [-0.25, -0.2) is 4.79 Å². The van der Waals surface area contributed by atoms with Gasteiger partial charge in [0.05, 0.1) is 30.3 Å². The molecule has 0 heterocycles. The number of benzene rings is 1. The van der Waals surface area contributed by atoms with Gasteiger partial charge in [0.15, 0.2) is 0 Å². The lowest BCUT2D eigenvalue weighted by atomic mass is 9.90. The van der Waals surface area contributed by atoms with E-state index < -0.39 is 11.5 Å². The van der Waals surface area contributed by atoms with Gasteiger partial charge >= 0.3 is 5.97 Å². The number of hydrogen-bond donors (Lipinski definition) is 2. The fraction of sp³-hybridized carbons (Fsp3) is 0.438. The van der Waals surface area contributed by atoms with Gasteiger partial charge in [0.2, 0.25) is 5.91 Å². The number of carbonyl (C=O) groups is 2. The summed E-state index contributed by atoms with van der Waals surface area (Å²) < 4.78 is 4.64. The molecule has 7 heteroatoms. The summed E-state index contributed by atoms with van der Waals surface area (Å²) in [6.07, 6.45) is 0. The van der Waals surface area contributed by atoms with Crippen LogP contribution in [0.2, 0.25) is 5.02 Å². The topological polar surface area (TPSA) is 91.2 Å². The highest BCUT2D eigenvalue weighted by molar-refractivity contribution is 6.33. The van der Waals surface area contributed by atoms with Crippen LogP contribution in [0, 0.1) is 17.2 Å². The molecule has 2 N–H and O–H groups in total. The van der Waals surface area contributed by atoms with Crippen molar-refractivity contribution in [2.75, 3.05) is 19.0 Å². The summed E-state index contributed by atoms with van der Waals surface area (Å²) >= 11 is 5.93. The summed E-state index contributed by atoms with van der Waals surface area (Å²) in [5, 5.41) is 15.0. The molecule has 0 aliphatic heterocycles. The molecule has 0 aromatic heterocycles. The number of carbonyl (C=O) groups excluding carboxylic acids is 2. The van der Waals surface area contributed by atoms with Crippen molar-refractivity contribution in [2.24, 2.45) is 5.92 Å². The Balaban J connectivity index is 2.74. The minimum Gasteiger partial charge on any atom is -0.465 e. The number of nitrogens with zero attached hydrogens (tertiary/aromatic N) is 1. The van der Waals surface area contributed by atoms with E-state index in [1.54, 1.807) is 19.1 Å². The maximum Gasteiger partial charge on any atom is 0.339 e. The molecular weight excluding hydrogens is 318 g/mol. The first-order valence-electron chi connectivity index (χ1n) is 7.07. The van der Waals surface area contributed by atoms with Crippen LogP contribution in [0.5, 0.6) is 0 Å². The van der Waals surface area contributed by atoms with E-state index in [4.69, 9.17) is 11.6 Å². The molecule has 6 nitrogen and oxygen atoms in total. The van der Waals surface area contributed by atoms with Crippen LogP contribution in [0.15, 0.2) is 18.2 Å². The van der Waals surface area contributed by atoms with Crippen LogP contribution in [-0.4, -0.2) is 31.1 Å². The van der Waals surface area contributed by atoms with Crippen molar-refractivity contribution in [3.05, 3.63) is 28.8 Å². The molecule has 0 fully saturated rings. The summed E-state index contributed by atoms with van der Waals surface area (Å²) in [6, 6.07) is 6.81. The SMILES string of the molecule is COC(=O)c1cc(NCC(=O)NC(C)(C#N)C(C)C)ccc1Cl. The molecule has 1 aromatic rings. The van der Waals surface area contributed by atoms with Crippen molar-refractivity contribution >= 4 is 29.2 Å². The molecule has 23 heavy (non-hydrogen) atoms. The van der Waals surface area contributed by atoms with E-state index in [-0.39, 0.29) is 29.0 Å². The lowest BCUT2D eigenvalue weighted by molar-refractivity contribution is -0.121. The molecule has 0 aliphatic carbocycles. The Morgan fingerprint density at radius 2 is 2.09 bits per heavy atom. The van der Waals surface area contributed by atoms with E-state index in [9.17, 15) is 14.9 Å². The Labute approximate surface area is 140 Å². The predicted molar refractivity (Wildman–Crippen MR) is 88.3 cm³/mol. The molecule has 1 unspecified atom stereocenters. The minimum atomic E-state index is -0.935. The van der Waals surface area contributed by atoms with E-state index in [1.165, 1.54) is 13.2 Å². The zero-order valence-electron chi connectivity index (χ0n) is 13.6. The van der Waals surface area contributed by atoms with Crippen molar-refractivity contribution < 1.29 is 14.3 Å². The largest absolute Gasteiger partial charge is 0.465 e. The Kier molecular flexibility index (Phi) is 6.40. The van der Waals surface area contributed by atoms with Crippen molar-refractivity contribution in [2.45, 2.75) is 26.3 Å². The number of esters is 1. The van der Waals surface area contributed by atoms with Crippen LogP contribution in [-0.2, 0) is 9.53 Å². The smallest absolute Gasteiger partial charge is 0.339 e. The van der Waals surface area contributed by atoms with Gasteiger partial charge < -0.3 is 15.4 Å². The highest BCUT2D eigenvalue weighted by Crippen LogP contribution is 2.21. The lowest BCUT2D eigenvalue weighted by Crippen LogP contribution is -2.50. The van der Waals surface area contributed by atoms with E-state index in [0.29, 0.717) is 5.69 Å². The Morgan fingerprint density at radius 1 is 1.43 bits per heavy atom. The molecule has 1 aromatic carbocycles. The fourth-order valence-electron chi connectivity index (χ4n) is 1.72. The summed E-state index contributed by atoms with van der Waals surface area (Å²) in [5.41, 5.74) is -0.174. The number of nitrogens with one attached hydrogen (secondary N) is 2. The van der Waals surface area contributed by atoms with Gasteiger partial charge in [0.25, 0.3) is 0 Å². The average Bonchev–Trinajstić information content (AvgIpc) is 2.52. The van der Waals surface area contributed by atoms with E-state index in [0.717, 1.165) is 0 Å². The molecule has 0 radical (unpaired) electrons. The van der Waals surface area contributed by atoms with Crippen molar-refractivity contribution in [3.8, 4) is 6.07 Å². The van der Waals surface area contributed by atoms with Crippen LogP contribution in [0.25, 0.3) is 0 Å². The van der Waals surface area contributed by atoms with Crippen molar-refractivity contribution in [1.29, 1.82) is 5.26 Å². The third-order valence-electron chi connectivity index (χ3n) is 3.61. The van der Waals surface area contributed by atoms with Crippen LogP contribution >= 0.6 is 11.6 Å². The quantitative estimate of drug-likeness (QED) is 0.778. The maximum atomic E-state index is 12.0. The molecule has 0 aliphatic rings. The van der Waals surface area contributed by atoms with Crippen LogP contribution in [0.3, 0.4) is 0 Å². The van der Waals surface area contributed by atoms with E-state index in [2.05, 4.69) is 21.4 Å². The van der Waals surface area contributed by atoms with Crippen LogP contribution < -0.4 is 10.6 Å². The second kappa shape index (κ2) is 7.84. The normalized spacial score (nSPS) is 12.9. The second-order valence-corrected chi connectivity index (χ2v) is 5.96. The zero-order valence-corrected chi connectivity index (χ0v) is 14.3. The highest BCUT2D eigenvalue weighted by atomic mass is 35.5. The molecular formula is C16H20ClN3O3. The average molecular weight is 338 g/mol. The van der Waals surface area contributed by atoms with Gasteiger partial charge in [0, 0.05) is 5.69 Å². The Morgan fingerprint density at radius 3 is 2.61 bits per heavy atom. The van der Waals surface area contributed by atoms with Gasteiger partial charge in [-0.2, -0.15) is 5.26 Å². The van der Waals surface area contributed by atoms with Gasteiger partial charge in [-0.3, -0.25) is 4.79 Å². The second-order valence-electron chi connectivity index (χ2n) is 5.56. The van der Waals surface area contributed by atoms with Gasteiger partial charge in [-0.05, 0) is 31.0 Å². The molecule has 124 valence electrons. The first-order chi connectivity index (χ1) is 10.7. The molecule has 0 spiro atoms. The number of methoxy groups -OCH3 is 1. The summed E-state index contributed by atoms with van der Waals surface area (Å²) in [4.78, 5) is 23.6. The molecule has 1 rings (SSSR count). The molecule has 0 bridgehead atoms. The molecule has 1 atom stereocenters. The molecule has 0 saturated heterocycles. The fourth-order valence-corrected chi connectivity index (χ4v) is 1.91. The Bertz CT molecular complexity index is 640. The third-order valence-corrected chi connectivity index (χ3v) is 3.94. The number of nitriles is 1. The van der Waals surface area contributed by atoms with Crippen LogP contribution in [0.1, 0.15) is 31.1 Å². The number of rotatable bonds is 6. The van der Waals surface area contributed by atoms with E-state index in [1.807, 2.05) is 13.8 Å². The standard InChI is InChI=1S/C16H20ClN3O3/c1-10(2)16(3,9-18)20-14(21)8-19-11-5-6-13(17)12(7-11)15(22)23-4/h5-7,10,19H,8H2,1-4H3,(H,20,21). The first kappa shape index (κ1) is 18.8. The minimum absolute atomic E-state index is 0.0297. The Hall–Kier alpha value is -2.26. The highest BCUT2D eigenvalue weighted by Gasteiger charge is 2.29. The first-order valence-corrected chi connectivity index (χ1v) is 7.45. The van der Waals surface area contributed by atoms with Gasteiger partial charge in [-0.1, -0.05) is 25.4 Å². The number of halogens is 1. The maximum absolute atomic E-state index is 12.0. The van der Waals surface area contributed by atoms with Gasteiger partial charge in [0.1, 0.15) is 5.54 Å². The number of ether oxygens (including phenoxy) is 1. The lowest BCUT2D eigenvalue weighted by Gasteiger charge is -2.27.